The minimum absolute atomic E-state index is 0. The van der Waals surface area contributed by atoms with Crippen molar-refractivity contribution in [2.75, 3.05) is 0 Å². The molecule has 0 unspecified atom stereocenters. The van der Waals surface area contributed by atoms with E-state index >= 15 is 0 Å². The summed E-state index contributed by atoms with van der Waals surface area (Å²) in [7, 11) is 0. The SMILES string of the molecule is CCC[CH-]CC(C)C.[Li+]. The maximum Gasteiger partial charge on any atom is 1.00 e. The summed E-state index contributed by atoms with van der Waals surface area (Å²) in [5.74, 6) is 0.849. The van der Waals surface area contributed by atoms with Crippen molar-refractivity contribution in [3.63, 3.8) is 0 Å². The average molecular weight is 120 g/mol. The van der Waals surface area contributed by atoms with Gasteiger partial charge in [-0.25, -0.2) is 0 Å². The zero-order valence-electron chi connectivity index (χ0n) is 7.28. The molecule has 0 aliphatic rings. The molecule has 0 heterocycles. The van der Waals surface area contributed by atoms with Crippen molar-refractivity contribution < 1.29 is 18.9 Å². The van der Waals surface area contributed by atoms with Crippen LogP contribution in [-0.4, -0.2) is 0 Å². The molecule has 0 saturated heterocycles. The van der Waals surface area contributed by atoms with Crippen LogP contribution in [0.5, 0.6) is 0 Å². The molecule has 0 rings (SSSR count). The molecular weight excluding hydrogens is 103 g/mol. The first-order valence-corrected chi connectivity index (χ1v) is 3.59. The van der Waals surface area contributed by atoms with Gasteiger partial charge in [0.25, 0.3) is 0 Å². The van der Waals surface area contributed by atoms with Crippen LogP contribution < -0.4 is 18.9 Å². The molecule has 0 saturated carbocycles. The molecule has 0 atom stereocenters. The quantitative estimate of drug-likeness (QED) is 0.279. The molecule has 50 valence electrons. The molecule has 0 nitrogen and oxygen atoms in total. The van der Waals surface area contributed by atoms with Gasteiger partial charge < -0.3 is 6.42 Å². The Morgan fingerprint density at radius 3 is 2.22 bits per heavy atom. The number of hydrogen-bond acceptors (Lipinski definition) is 0. The van der Waals surface area contributed by atoms with Crippen molar-refractivity contribution >= 4 is 0 Å². The number of hydrogen-bond donors (Lipinski definition) is 0. The first-order chi connectivity index (χ1) is 3.77. The van der Waals surface area contributed by atoms with E-state index in [0.29, 0.717) is 0 Å². The molecule has 0 spiro atoms. The van der Waals surface area contributed by atoms with Crippen molar-refractivity contribution in [3.05, 3.63) is 6.42 Å². The fourth-order valence-corrected chi connectivity index (χ4v) is 0.655. The van der Waals surface area contributed by atoms with E-state index in [1.54, 1.807) is 0 Å². The molecule has 0 aromatic heterocycles. The first-order valence-electron chi connectivity index (χ1n) is 3.59. The summed E-state index contributed by atoms with van der Waals surface area (Å²) in [6.07, 6.45) is 6.25. The van der Waals surface area contributed by atoms with Gasteiger partial charge in [-0.3, -0.25) is 0 Å². The van der Waals surface area contributed by atoms with Crippen LogP contribution >= 0.6 is 0 Å². The monoisotopic (exact) mass is 120 g/mol. The Morgan fingerprint density at radius 1 is 1.33 bits per heavy atom. The Hall–Kier alpha value is 0.597. The summed E-state index contributed by atoms with van der Waals surface area (Å²) in [6.45, 7) is 6.73. The summed E-state index contributed by atoms with van der Waals surface area (Å²) in [6, 6.07) is 0. The molecule has 9 heavy (non-hydrogen) atoms. The minimum Gasteiger partial charge on any atom is -0.328 e. The minimum atomic E-state index is 0. The molecule has 0 aromatic carbocycles. The van der Waals surface area contributed by atoms with Crippen molar-refractivity contribution in [2.45, 2.75) is 40.0 Å². The second kappa shape index (κ2) is 8.60. The van der Waals surface area contributed by atoms with E-state index in [2.05, 4.69) is 27.2 Å². The molecule has 0 aromatic rings. The maximum absolute atomic E-state index is 2.38. The van der Waals surface area contributed by atoms with Gasteiger partial charge in [0.2, 0.25) is 0 Å². The van der Waals surface area contributed by atoms with E-state index in [1.165, 1.54) is 19.3 Å². The molecule has 0 fully saturated rings. The predicted molar refractivity (Wildman–Crippen MR) is 38.7 cm³/mol. The van der Waals surface area contributed by atoms with Crippen LogP contribution in [0, 0.1) is 12.3 Å². The van der Waals surface area contributed by atoms with Gasteiger partial charge in [-0.15, -0.1) is 0 Å². The second-order valence-corrected chi connectivity index (χ2v) is 2.71. The normalized spacial score (nSPS) is 9.33. The van der Waals surface area contributed by atoms with Crippen LogP contribution in [-0.2, 0) is 0 Å². The third-order valence-electron chi connectivity index (χ3n) is 1.13. The Labute approximate surface area is 71.6 Å². The van der Waals surface area contributed by atoms with Crippen molar-refractivity contribution in [3.8, 4) is 0 Å². The summed E-state index contributed by atoms with van der Waals surface area (Å²) in [5, 5.41) is 0. The first kappa shape index (κ1) is 12.3. The van der Waals surface area contributed by atoms with Gasteiger partial charge in [0.15, 0.2) is 0 Å². The molecular formula is C8H17Li. The molecule has 0 aliphatic heterocycles. The summed E-state index contributed by atoms with van der Waals surface area (Å²) in [5.41, 5.74) is 0. The van der Waals surface area contributed by atoms with E-state index in [0.717, 1.165) is 5.92 Å². The van der Waals surface area contributed by atoms with Crippen LogP contribution in [0.2, 0.25) is 0 Å². The summed E-state index contributed by atoms with van der Waals surface area (Å²) < 4.78 is 0. The van der Waals surface area contributed by atoms with Crippen LogP contribution in [0.15, 0.2) is 0 Å². The van der Waals surface area contributed by atoms with E-state index in [-0.39, 0.29) is 18.9 Å². The standard InChI is InChI=1S/C8H17.Li/c1-4-5-6-7-8(2)3;/h6,8H,4-5,7H2,1-3H3;/q-1;+1. The fourth-order valence-electron chi connectivity index (χ4n) is 0.655. The third kappa shape index (κ3) is 11.9. The van der Waals surface area contributed by atoms with E-state index in [4.69, 9.17) is 0 Å². The topological polar surface area (TPSA) is 0 Å². The molecule has 0 aliphatic carbocycles. The third-order valence-corrected chi connectivity index (χ3v) is 1.13. The van der Waals surface area contributed by atoms with Gasteiger partial charge in [-0.05, 0) is 0 Å². The number of rotatable bonds is 4. The van der Waals surface area contributed by atoms with Gasteiger partial charge in [-0.1, -0.05) is 33.1 Å². The van der Waals surface area contributed by atoms with E-state index in [9.17, 15) is 0 Å². The van der Waals surface area contributed by atoms with E-state index < -0.39 is 0 Å². The zero-order valence-corrected chi connectivity index (χ0v) is 7.28. The Bertz CT molecular complexity index is 41.8. The second-order valence-electron chi connectivity index (χ2n) is 2.71. The van der Waals surface area contributed by atoms with Gasteiger partial charge in [0.05, 0.1) is 0 Å². The largest absolute Gasteiger partial charge is 1.00 e. The van der Waals surface area contributed by atoms with Crippen molar-refractivity contribution in [1.82, 2.24) is 0 Å². The van der Waals surface area contributed by atoms with Crippen molar-refractivity contribution in [1.29, 1.82) is 0 Å². The smallest absolute Gasteiger partial charge is 0.328 e. The molecule has 0 N–H and O–H groups in total. The van der Waals surface area contributed by atoms with Crippen LogP contribution in [0.25, 0.3) is 0 Å². The molecule has 0 amide bonds. The molecule has 0 radical (unpaired) electrons. The maximum atomic E-state index is 2.38. The van der Waals surface area contributed by atoms with Crippen LogP contribution in [0.4, 0.5) is 0 Å². The Morgan fingerprint density at radius 2 is 1.89 bits per heavy atom. The van der Waals surface area contributed by atoms with Gasteiger partial charge in [0, 0.05) is 0 Å². The average Bonchev–Trinajstić information content (AvgIpc) is 1.66. The van der Waals surface area contributed by atoms with Gasteiger partial charge in [0.1, 0.15) is 0 Å². The number of unbranched alkanes of at least 4 members (excludes halogenated alkanes) is 2. The van der Waals surface area contributed by atoms with Crippen LogP contribution in [0.1, 0.15) is 40.0 Å². The van der Waals surface area contributed by atoms with E-state index in [1.807, 2.05) is 0 Å². The fraction of sp³-hybridized carbons (Fsp3) is 0.875. The zero-order chi connectivity index (χ0) is 6.41. The summed E-state index contributed by atoms with van der Waals surface area (Å²) >= 11 is 0. The predicted octanol–water partition coefficient (Wildman–Crippen LogP) is 0.0409. The molecule has 1 heteroatoms. The van der Waals surface area contributed by atoms with Gasteiger partial charge >= 0.3 is 18.9 Å². The molecule has 0 bridgehead atoms. The Balaban J connectivity index is 0. The van der Waals surface area contributed by atoms with Crippen LogP contribution in [0.3, 0.4) is 0 Å². The van der Waals surface area contributed by atoms with Gasteiger partial charge in [-0.2, -0.15) is 12.8 Å². The van der Waals surface area contributed by atoms with Crippen molar-refractivity contribution in [2.24, 2.45) is 5.92 Å². The Kier molecular flexibility index (Phi) is 11.7. The summed E-state index contributed by atoms with van der Waals surface area (Å²) in [4.78, 5) is 0.